The first kappa shape index (κ1) is 18.7. The van der Waals surface area contributed by atoms with E-state index in [4.69, 9.17) is 9.98 Å². The van der Waals surface area contributed by atoms with Gasteiger partial charge in [0.2, 0.25) is 0 Å². The molecule has 0 radical (unpaired) electrons. The van der Waals surface area contributed by atoms with E-state index in [2.05, 4.69) is 118 Å². The van der Waals surface area contributed by atoms with Crippen molar-refractivity contribution in [3.05, 3.63) is 120 Å². The van der Waals surface area contributed by atoms with Gasteiger partial charge in [0.05, 0.1) is 32.9 Å². The Morgan fingerprint density at radius 1 is 0.600 bits per heavy atom. The van der Waals surface area contributed by atoms with Crippen LogP contribution in [0.3, 0.4) is 0 Å². The third kappa shape index (κ3) is 2.51. The fourth-order valence-electron chi connectivity index (χ4n) is 5.70. The number of nitrogens with zero attached hydrogens (tertiary/aromatic N) is 4. The maximum Gasteiger partial charge on any atom is 0.146 e. The van der Waals surface area contributed by atoms with E-state index in [9.17, 15) is 0 Å². The molecule has 4 aromatic carbocycles. The summed E-state index contributed by atoms with van der Waals surface area (Å²) in [6, 6.07) is 36.1. The van der Waals surface area contributed by atoms with E-state index < -0.39 is 0 Å². The van der Waals surface area contributed by atoms with Crippen LogP contribution in [0.2, 0.25) is 0 Å². The zero-order valence-electron chi connectivity index (χ0n) is 18.8. The SMILES string of the molecule is C1=c2ccccc2=NC1n1c2ccccc2c2ncc3c4ccccc4n(-c4ccccc4)c3c21. The number of benzene rings is 4. The number of aromatic nitrogens is 3. The van der Waals surface area contributed by atoms with Gasteiger partial charge in [0.25, 0.3) is 0 Å². The zero-order valence-corrected chi connectivity index (χ0v) is 18.8. The largest absolute Gasteiger partial charge is 0.311 e. The molecule has 1 aliphatic rings. The topological polar surface area (TPSA) is 35.1 Å². The summed E-state index contributed by atoms with van der Waals surface area (Å²) in [6.07, 6.45) is 4.17. The summed E-state index contributed by atoms with van der Waals surface area (Å²) in [4.78, 5) is 10.2. The Bertz CT molecular complexity index is 2030. The first-order valence-electron chi connectivity index (χ1n) is 11.9. The van der Waals surface area contributed by atoms with Gasteiger partial charge in [0.15, 0.2) is 0 Å². The Hall–Kier alpha value is -4.70. The van der Waals surface area contributed by atoms with Gasteiger partial charge in [0, 0.05) is 28.0 Å². The van der Waals surface area contributed by atoms with Crippen molar-refractivity contribution in [1.82, 2.24) is 14.1 Å². The first-order chi connectivity index (χ1) is 17.4. The molecule has 8 rings (SSSR count). The number of hydrogen-bond acceptors (Lipinski definition) is 2. The van der Waals surface area contributed by atoms with Crippen molar-refractivity contribution in [3.63, 3.8) is 0 Å². The molecular weight excluding hydrogens is 428 g/mol. The molecule has 4 nitrogen and oxygen atoms in total. The quantitative estimate of drug-likeness (QED) is 0.324. The summed E-state index contributed by atoms with van der Waals surface area (Å²) in [7, 11) is 0. The molecule has 1 aliphatic heterocycles. The van der Waals surface area contributed by atoms with Crippen molar-refractivity contribution in [2.45, 2.75) is 6.17 Å². The van der Waals surface area contributed by atoms with Crippen LogP contribution in [0.4, 0.5) is 0 Å². The van der Waals surface area contributed by atoms with Crippen LogP contribution < -0.4 is 10.6 Å². The third-order valence-electron chi connectivity index (χ3n) is 7.16. The van der Waals surface area contributed by atoms with Crippen molar-refractivity contribution < 1.29 is 0 Å². The predicted molar refractivity (Wildman–Crippen MR) is 142 cm³/mol. The van der Waals surface area contributed by atoms with Crippen molar-refractivity contribution in [2.75, 3.05) is 0 Å². The molecule has 164 valence electrons. The molecule has 3 aromatic heterocycles. The highest BCUT2D eigenvalue weighted by molar-refractivity contribution is 6.21. The Labute approximate surface area is 200 Å². The molecule has 4 heteroatoms. The molecule has 0 fully saturated rings. The van der Waals surface area contributed by atoms with Crippen LogP contribution in [0.15, 0.2) is 114 Å². The van der Waals surface area contributed by atoms with Gasteiger partial charge < -0.3 is 9.13 Å². The lowest BCUT2D eigenvalue weighted by Gasteiger charge is -2.14. The number of rotatable bonds is 2. The third-order valence-corrected chi connectivity index (χ3v) is 7.16. The Kier molecular flexibility index (Phi) is 3.69. The maximum absolute atomic E-state index is 5.13. The Morgan fingerprint density at radius 2 is 1.31 bits per heavy atom. The minimum absolute atomic E-state index is 0.135. The molecule has 1 atom stereocenters. The Morgan fingerprint density at radius 3 is 2.17 bits per heavy atom. The monoisotopic (exact) mass is 448 g/mol. The summed E-state index contributed by atoms with van der Waals surface area (Å²) in [5.41, 5.74) is 6.74. The number of hydrogen-bond donors (Lipinski definition) is 0. The summed E-state index contributed by atoms with van der Waals surface area (Å²) in [5, 5.41) is 5.71. The van der Waals surface area contributed by atoms with E-state index in [1.165, 1.54) is 16.1 Å². The first-order valence-corrected chi connectivity index (χ1v) is 11.9. The van der Waals surface area contributed by atoms with Crippen molar-refractivity contribution in [3.8, 4) is 5.69 Å². The molecule has 0 bridgehead atoms. The molecule has 7 aromatic rings. The van der Waals surface area contributed by atoms with Gasteiger partial charge in [-0.25, -0.2) is 0 Å². The van der Waals surface area contributed by atoms with Crippen LogP contribution in [0.25, 0.3) is 55.5 Å². The van der Waals surface area contributed by atoms with Crippen LogP contribution in [0.1, 0.15) is 6.17 Å². The molecular formula is C31H20N4. The molecule has 0 saturated heterocycles. The van der Waals surface area contributed by atoms with E-state index in [0.29, 0.717) is 0 Å². The molecule has 0 N–H and O–H groups in total. The minimum atomic E-state index is -0.135. The lowest BCUT2D eigenvalue weighted by molar-refractivity contribution is 0.707. The van der Waals surface area contributed by atoms with Crippen LogP contribution in [-0.4, -0.2) is 14.1 Å². The van der Waals surface area contributed by atoms with Gasteiger partial charge in [-0.15, -0.1) is 0 Å². The van der Waals surface area contributed by atoms with E-state index >= 15 is 0 Å². The van der Waals surface area contributed by atoms with Crippen LogP contribution in [0.5, 0.6) is 0 Å². The molecule has 1 unspecified atom stereocenters. The van der Waals surface area contributed by atoms with Gasteiger partial charge in [-0.2, -0.15) is 0 Å². The predicted octanol–water partition coefficient (Wildman–Crippen LogP) is 5.90. The van der Waals surface area contributed by atoms with Crippen LogP contribution in [-0.2, 0) is 0 Å². The normalized spacial score (nSPS) is 15.0. The summed E-state index contributed by atoms with van der Waals surface area (Å²) in [5.74, 6) is 0. The number of para-hydroxylation sites is 4. The van der Waals surface area contributed by atoms with Gasteiger partial charge in [0.1, 0.15) is 6.17 Å². The van der Waals surface area contributed by atoms with Crippen LogP contribution in [0, 0.1) is 0 Å². The van der Waals surface area contributed by atoms with Gasteiger partial charge in [-0.1, -0.05) is 72.8 Å². The molecule has 0 amide bonds. The summed E-state index contributed by atoms with van der Waals surface area (Å²) < 4.78 is 4.75. The molecule has 0 spiro atoms. The fraction of sp³-hybridized carbons (Fsp3) is 0.0323. The fourth-order valence-corrected chi connectivity index (χ4v) is 5.70. The smallest absolute Gasteiger partial charge is 0.146 e. The van der Waals surface area contributed by atoms with Crippen molar-refractivity contribution in [2.24, 2.45) is 4.99 Å². The van der Waals surface area contributed by atoms with Gasteiger partial charge >= 0.3 is 0 Å². The highest BCUT2D eigenvalue weighted by Gasteiger charge is 2.24. The standard InChI is InChI=1S/C31H20N4/c1-2-11-21(12-3-1)34-26-16-8-5-13-22(26)24-19-32-29-23-14-6-9-17-27(23)35(31(29)30(24)34)28-18-20-10-4-7-15-25(20)33-28/h1-19,28H. The average molecular weight is 449 g/mol. The second-order valence-electron chi connectivity index (χ2n) is 9.06. The molecule has 0 aliphatic carbocycles. The Balaban J connectivity index is 1.62. The molecule has 35 heavy (non-hydrogen) atoms. The lowest BCUT2D eigenvalue weighted by atomic mass is 10.2. The zero-order chi connectivity index (χ0) is 22.9. The second kappa shape index (κ2) is 6.90. The molecule has 4 heterocycles. The van der Waals surface area contributed by atoms with E-state index in [1.54, 1.807) is 0 Å². The van der Waals surface area contributed by atoms with Crippen molar-refractivity contribution >= 4 is 49.8 Å². The number of fused-ring (bicyclic) bond motifs is 8. The highest BCUT2D eigenvalue weighted by Crippen LogP contribution is 2.40. The van der Waals surface area contributed by atoms with E-state index in [1.807, 2.05) is 6.20 Å². The molecule has 0 saturated carbocycles. The second-order valence-corrected chi connectivity index (χ2v) is 9.06. The minimum Gasteiger partial charge on any atom is -0.311 e. The van der Waals surface area contributed by atoms with E-state index in [-0.39, 0.29) is 6.17 Å². The summed E-state index contributed by atoms with van der Waals surface area (Å²) in [6.45, 7) is 0. The lowest BCUT2D eigenvalue weighted by Crippen LogP contribution is -2.19. The van der Waals surface area contributed by atoms with E-state index in [0.717, 1.165) is 43.9 Å². The number of pyridine rings is 1. The summed E-state index contributed by atoms with van der Waals surface area (Å²) >= 11 is 0. The van der Waals surface area contributed by atoms with Gasteiger partial charge in [-0.05, 0) is 41.6 Å². The highest BCUT2D eigenvalue weighted by atomic mass is 15.2. The van der Waals surface area contributed by atoms with Crippen LogP contribution >= 0.6 is 0 Å². The van der Waals surface area contributed by atoms with Crippen molar-refractivity contribution in [1.29, 1.82) is 0 Å². The maximum atomic E-state index is 5.13. The van der Waals surface area contributed by atoms with Gasteiger partial charge in [-0.3, -0.25) is 9.98 Å². The average Bonchev–Trinajstić information content (AvgIpc) is 3.58.